The van der Waals surface area contributed by atoms with Gasteiger partial charge in [0.05, 0.1) is 11.9 Å². The number of nitrogens with zero attached hydrogens (tertiary/aromatic N) is 1. The van der Waals surface area contributed by atoms with E-state index >= 15 is 0 Å². The number of anilines is 2. The highest BCUT2D eigenvalue weighted by Crippen LogP contribution is 2.34. The minimum atomic E-state index is -3.32. The number of nitrogens with one attached hydrogen (secondary N) is 1. The molecule has 0 aliphatic carbocycles. The van der Waals surface area contributed by atoms with Gasteiger partial charge in [0.1, 0.15) is 0 Å². The molecule has 126 valence electrons. The molecule has 1 aliphatic rings. The molecule has 1 amide bonds. The molecule has 0 spiro atoms. The van der Waals surface area contributed by atoms with Crippen molar-refractivity contribution in [3.8, 4) is 0 Å². The number of para-hydroxylation sites is 1. The number of hydrogen-bond acceptors (Lipinski definition) is 3. The van der Waals surface area contributed by atoms with Crippen molar-refractivity contribution in [1.82, 2.24) is 0 Å². The van der Waals surface area contributed by atoms with E-state index in [4.69, 9.17) is 0 Å². The second kappa shape index (κ2) is 5.94. The fraction of sp³-hybridized carbons (Fsp3) is 0.278. The standard InChI is InChI=1S/C18H20N2O3S/c1-12-6-4-5-7-16(12)19-18(21)14-8-9-17-15(11-14)10-13(2)20(17)24(3,22)23/h4-9,11,13H,10H2,1-3H3,(H,19,21)/t13-/m0/s1. The molecule has 0 unspecified atom stereocenters. The molecule has 0 aromatic heterocycles. The van der Waals surface area contributed by atoms with Crippen LogP contribution in [0.2, 0.25) is 0 Å². The number of hydrogen-bond donors (Lipinski definition) is 1. The molecule has 0 saturated carbocycles. The van der Waals surface area contributed by atoms with Crippen molar-refractivity contribution in [2.24, 2.45) is 0 Å². The van der Waals surface area contributed by atoms with Crippen LogP contribution in [-0.2, 0) is 16.4 Å². The predicted octanol–water partition coefficient (Wildman–Crippen LogP) is 2.96. The zero-order valence-corrected chi connectivity index (χ0v) is 14.7. The van der Waals surface area contributed by atoms with Crippen molar-refractivity contribution in [3.05, 3.63) is 59.2 Å². The summed E-state index contributed by atoms with van der Waals surface area (Å²) in [7, 11) is -3.32. The molecule has 0 radical (unpaired) electrons. The first kappa shape index (κ1) is 16.5. The third-order valence-electron chi connectivity index (χ3n) is 4.25. The second-order valence-corrected chi connectivity index (χ2v) is 8.08. The van der Waals surface area contributed by atoms with E-state index in [1.54, 1.807) is 18.2 Å². The third kappa shape index (κ3) is 3.01. The SMILES string of the molecule is Cc1ccccc1NC(=O)c1ccc2c(c1)C[C@H](C)N2S(C)(=O)=O. The molecule has 1 N–H and O–H groups in total. The highest BCUT2D eigenvalue weighted by atomic mass is 32.2. The average Bonchev–Trinajstić information content (AvgIpc) is 2.84. The lowest BCUT2D eigenvalue weighted by Crippen LogP contribution is -2.34. The van der Waals surface area contributed by atoms with Crippen LogP contribution in [0.15, 0.2) is 42.5 Å². The third-order valence-corrected chi connectivity index (χ3v) is 5.52. The maximum atomic E-state index is 12.5. The van der Waals surface area contributed by atoms with E-state index in [-0.39, 0.29) is 11.9 Å². The fourth-order valence-electron chi connectivity index (χ4n) is 3.16. The van der Waals surface area contributed by atoms with Crippen molar-refractivity contribution in [2.45, 2.75) is 26.3 Å². The molecule has 5 nitrogen and oxygen atoms in total. The number of amides is 1. The highest BCUT2D eigenvalue weighted by molar-refractivity contribution is 7.92. The Labute approximate surface area is 142 Å². The van der Waals surface area contributed by atoms with E-state index in [1.807, 2.05) is 38.1 Å². The van der Waals surface area contributed by atoms with Crippen molar-refractivity contribution in [2.75, 3.05) is 15.9 Å². The van der Waals surface area contributed by atoms with E-state index < -0.39 is 10.0 Å². The topological polar surface area (TPSA) is 66.5 Å². The fourth-order valence-corrected chi connectivity index (χ4v) is 4.42. The zero-order chi connectivity index (χ0) is 17.5. The number of benzene rings is 2. The lowest BCUT2D eigenvalue weighted by Gasteiger charge is -2.21. The quantitative estimate of drug-likeness (QED) is 0.931. The van der Waals surface area contributed by atoms with Crippen LogP contribution in [0, 0.1) is 6.92 Å². The average molecular weight is 344 g/mol. The molecule has 0 fully saturated rings. The first-order valence-electron chi connectivity index (χ1n) is 7.76. The molecule has 2 aromatic rings. The Bertz CT molecular complexity index is 906. The Kier molecular flexibility index (Phi) is 4.09. The minimum Gasteiger partial charge on any atom is -0.322 e. The summed E-state index contributed by atoms with van der Waals surface area (Å²) >= 11 is 0. The van der Waals surface area contributed by atoms with Gasteiger partial charge in [0.15, 0.2) is 0 Å². The van der Waals surface area contributed by atoms with Gasteiger partial charge < -0.3 is 5.32 Å². The highest BCUT2D eigenvalue weighted by Gasteiger charge is 2.32. The summed E-state index contributed by atoms with van der Waals surface area (Å²) < 4.78 is 25.3. The van der Waals surface area contributed by atoms with Crippen LogP contribution in [0.25, 0.3) is 0 Å². The Morgan fingerprint density at radius 3 is 2.58 bits per heavy atom. The van der Waals surface area contributed by atoms with Gasteiger partial charge in [-0.3, -0.25) is 9.10 Å². The van der Waals surface area contributed by atoms with Crippen LogP contribution in [0.1, 0.15) is 28.4 Å². The monoisotopic (exact) mass is 344 g/mol. The summed E-state index contributed by atoms with van der Waals surface area (Å²) in [6.07, 6.45) is 1.81. The van der Waals surface area contributed by atoms with Crippen molar-refractivity contribution >= 4 is 27.3 Å². The summed E-state index contributed by atoms with van der Waals surface area (Å²) in [5.41, 5.74) is 3.83. The van der Waals surface area contributed by atoms with E-state index in [0.717, 1.165) is 16.8 Å². The number of rotatable bonds is 3. The van der Waals surface area contributed by atoms with Gasteiger partial charge in [-0.1, -0.05) is 18.2 Å². The second-order valence-electron chi connectivity index (χ2n) is 6.22. The maximum Gasteiger partial charge on any atom is 0.255 e. The zero-order valence-electron chi connectivity index (χ0n) is 13.9. The summed E-state index contributed by atoms with van der Waals surface area (Å²) in [6.45, 7) is 3.80. The number of sulfonamides is 1. The van der Waals surface area contributed by atoms with Crippen LogP contribution >= 0.6 is 0 Å². The lowest BCUT2D eigenvalue weighted by molar-refractivity contribution is 0.102. The van der Waals surface area contributed by atoms with Crippen LogP contribution in [0.3, 0.4) is 0 Å². The number of fused-ring (bicyclic) bond motifs is 1. The maximum absolute atomic E-state index is 12.5. The van der Waals surface area contributed by atoms with E-state index in [1.165, 1.54) is 10.6 Å². The molecule has 1 heterocycles. The smallest absolute Gasteiger partial charge is 0.255 e. The number of carbonyl (C=O) groups excluding carboxylic acids is 1. The number of aryl methyl sites for hydroxylation is 1. The van der Waals surface area contributed by atoms with Gasteiger partial charge in [-0.2, -0.15) is 0 Å². The summed E-state index contributed by atoms with van der Waals surface area (Å²) in [4.78, 5) is 12.5. The largest absolute Gasteiger partial charge is 0.322 e. The molecule has 1 atom stereocenters. The Morgan fingerprint density at radius 1 is 1.21 bits per heavy atom. The molecule has 0 saturated heterocycles. The van der Waals surface area contributed by atoms with E-state index in [2.05, 4.69) is 5.32 Å². The molecule has 0 bridgehead atoms. The summed E-state index contributed by atoms with van der Waals surface area (Å²) in [5.74, 6) is -0.197. The van der Waals surface area contributed by atoms with Crippen LogP contribution in [0.5, 0.6) is 0 Å². The minimum absolute atomic E-state index is 0.135. The first-order chi connectivity index (χ1) is 11.3. The summed E-state index contributed by atoms with van der Waals surface area (Å²) in [5, 5.41) is 2.90. The molecular weight excluding hydrogens is 324 g/mol. The van der Waals surface area contributed by atoms with E-state index in [9.17, 15) is 13.2 Å². The Balaban J connectivity index is 1.89. The van der Waals surface area contributed by atoms with Gasteiger partial charge >= 0.3 is 0 Å². The van der Waals surface area contributed by atoms with Crippen molar-refractivity contribution in [1.29, 1.82) is 0 Å². The molecule has 24 heavy (non-hydrogen) atoms. The molecule has 6 heteroatoms. The van der Waals surface area contributed by atoms with Gasteiger partial charge in [-0.25, -0.2) is 8.42 Å². The van der Waals surface area contributed by atoms with Gasteiger partial charge in [-0.15, -0.1) is 0 Å². The van der Waals surface area contributed by atoms with Gasteiger partial charge in [0, 0.05) is 17.3 Å². The van der Waals surface area contributed by atoms with Crippen LogP contribution in [0.4, 0.5) is 11.4 Å². The van der Waals surface area contributed by atoms with Crippen molar-refractivity contribution < 1.29 is 13.2 Å². The normalized spacial score (nSPS) is 16.8. The molecule has 1 aliphatic heterocycles. The van der Waals surface area contributed by atoms with Gasteiger partial charge in [-0.05, 0) is 55.7 Å². The van der Waals surface area contributed by atoms with E-state index in [0.29, 0.717) is 17.7 Å². The predicted molar refractivity (Wildman–Crippen MR) is 96.1 cm³/mol. The van der Waals surface area contributed by atoms with Crippen LogP contribution < -0.4 is 9.62 Å². The lowest BCUT2D eigenvalue weighted by atomic mass is 10.1. The van der Waals surface area contributed by atoms with Gasteiger partial charge in [0.2, 0.25) is 10.0 Å². The molecular formula is C18H20N2O3S. The van der Waals surface area contributed by atoms with Crippen LogP contribution in [-0.4, -0.2) is 26.6 Å². The first-order valence-corrected chi connectivity index (χ1v) is 9.61. The molecule has 3 rings (SSSR count). The summed E-state index contributed by atoms with van der Waals surface area (Å²) in [6, 6.07) is 12.6. The number of carbonyl (C=O) groups is 1. The Hall–Kier alpha value is -2.34. The van der Waals surface area contributed by atoms with Crippen molar-refractivity contribution in [3.63, 3.8) is 0 Å². The Morgan fingerprint density at radius 2 is 1.92 bits per heavy atom. The van der Waals surface area contributed by atoms with Gasteiger partial charge in [0.25, 0.3) is 5.91 Å². The molecule has 2 aromatic carbocycles.